The second kappa shape index (κ2) is 5.86. The maximum Gasteiger partial charge on any atom is 0.253 e. The lowest BCUT2D eigenvalue weighted by Gasteiger charge is -2.10. The van der Waals surface area contributed by atoms with Gasteiger partial charge in [-0.2, -0.15) is 0 Å². The van der Waals surface area contributed by atoms with Crippen molar-refractivity contribution in [3.8, 4) is 0 Å². The van der Waals surface area contributed by atoms with Crippen molar-refractivity contribution in [3.63, 3.8) is 0 Å². The molecule has 1 aromatic rings. The second-order valence-corrected chi connectivity index (χ2v) is 3.55. The first-order valence-electron chi connectivity index (χ1n) is 5.14. The molecule has 0 fully saturated rings. The van der Waals surface area contributed by atoms with E-state index in [1.165, 1.54) is 7.05 Å². The zero-order valence-corrected chi connectivity index (χ0v) is 9.83. The molecule has 0 spiro atoms. The molecule has 0 aliphatic heterocycles. The molecule has 0 radical (unpaired) electrons. The highest BCUT2D eigenvalue weighted by Crippen LogP contribution is 2.16. The zero-order chi connectivity index (χ0) is 12.8. The molecule has 1 aromatic carbocycles. The molecule has 5 N–H and O–H groups in total. The molecule has 2 amide bonds. The quantitative estimate of drug-likeness (QED) is 0.428. The minimum Gasteiger partial charge on any atom is -0.358 e. The number of aryl methyl sites for hydroxylation is 1. The minimum atomic E-state index is -0.346. The summed E-state index contributed by atoms with van der Waals surface area (Å²) in [6, 6.07) is 5.22. The molecule has 1 rings (SSSR count). The van der Waals surface area contributed by atoms with Gasteiger partial charge in [-0.25, -0.2) is 0 Å². The molecule has 0 heterocycles. The SMILES string of the molecule is CNC(=O)CNC(=O)c1ccc(C)cc1NN. The van der Waals surface area contributed by atoms with Crippen molar-refractivity contribution >= 4 is 17.5 Å². The van der Waals surface area contributed by atoms with Crippen molar-refractivity contribution in [3.05, 3.63) is 29.3 Å². The van der Waals surface area contributed by atoms with Gasteiger partial charge in [-0.1, -0.05) is 6.07 Å². The molecule has 0 aliphatic rings. The van der Waals surface area contributed by atoms with Crippen LogP contribution in [-0.2, 0) is 4.79 Å². The smallest absolute Gasteiger partial charge is 0.253 e. The average Bonchev–Trinajstić information content (AvgIpc) is 2.35. The Morgan fingerprint density at radius 3 is 2.65 bits per heavy atom. The molecular formula is C11H16N4O2. The Kier molecular flexibility index (Phi) is 4.47. The first-order chi connectivity index (χ1) is 8.08. The second-order valence-electron chi connectivity index (χ2n) is 3.55. The van der Waals surface area contributed by atoms with Crippen molar-refractivity contribution in [2.24, 2.45) is 5.84 Å². The Balaban J connectivity index is 2.78. The highest BCUT2D eigenvalue weighted by Gasteiger charge is 2.11. The van der Waals surface area contributed by atoms with Crippen LogP contribution in [0.5, 0.6) is 0 Å². The number of hydrogen-bond donors (Lipinski definition) is 4. The third-order valence-corrected chi connectivity index (χ3v) is 2.26. The molecule has 17 heavy (non-hydrogen) atoms. The van der Waals surface area contributed by atoms with Gasteiger partial charge in [-0.3, -0.25) is 15.4 Å². The monoisotopic (exact) mass is 236 g/mol. The van der Waals surface area contributed by atoms with Crippen molar-refractivity contribution < 1.29 is 9.59 Å². The van der Waals surface area contributed by atoms with Gasteiger partial charge >= 0.3 is 0 Å². The number of nitrogens with one attached hydrogen (secondary N) is 3. The highest BCUT2D eigenvalue weighted by molar-refractivity contribution is 6.01. The number of carbonyl (C=O) groups is 2. The zero-order valence-electron chi connectivity index (χ0n) is 9.83. The lowest BCUT2D eigenvalue weighted by molar-refractivity contribution is -0.119. The summed E-state index contributed by atoms with van der Waals surface area (Å²) in [7, 11) is 1.51. The predicted molar refractivity (Wildman–Crippen MR) is 65.4 cm³/mol. The van der Waals surface area contributed by atoms with E-state index in [9.17, 15) is 9.59 Å². The van der Waals surface area contributed by atoms with Gasteiger partial charge in [0.2, 0.25) is 5.91 Å². The summed E-state index contributed by atoms with van der Waals surface area (Å²) in [5, 5.41) is 4.91. The molecule has 0 aliphatic carbocycles. The van der Waals surface area contributed by atoms with E-state index in [1.54, 1.807) is 18.2 Å². The maximum atomic E-state index is 11.8. The van der Waals surface area contributed by atoms with Crippen molar-refractivity contribution in [2.45, 2.75) is 6.92 Å². The molecule has 0 atom stereocenters. The Morgan fingerprint density at radius 1 is 1.35 bits per heavy atom. The Labute approximate surface area is 99.5 Å². The molecule has 0 bridgehead atoms. The first-order valence-corrected chi connectivity index (χ1v) is 5.14. The van der Waals surface area contributed by atoms with Crippen molar-refractivity contribution in [1.82, 2.24) is 10.6 Å². The van der Waals surface area contributed by atoms with Gasteiger partial charge in [-0.05, 0) is 24.6 Å². The van der Waals surface area contributed by atoms with Gasteiger partial charge in [-0.15, -0.1) is 0 Å². The topological polar surface area (TPSA) is 96.2 Å². The van der Waals surface area contributed by atoms with Crippen LogP contribution in [0.1, 0.15) is 15.9 Å². The maximum absolute atomic E-state index is 11.8. The van der Waals surface area contributed by atoms with Crippen LogP contribution in [0.4, 0.5) is 5.69 Å². The Hall–Kier alpha value is -2.08. The number of benzene rings is 1. The first kappa shape index (κ1) is 13.0. The Morgan fingerprint density at radius 2 is 2.06 bits per heavy atom. The highest BCUT2D eigenvalue weighted by atomic mass is 16.2. The molecule has 0 unspecified atom stereocenters. The van der Waals surface area contributed by atoms with Crippen LogP contribution in [0.2, 0.25) is 0 Å². The fourth-order valence-corrected chi connectivity index (χ4v) is 1.32. The summed E-state index contributed by atoms with van der Waals surface area (Å²) in [4.78, 5) is 22.8. The average molecular weight is 236 g/mol. The normalized spacial score (nSPS) is 9.59. The fraction of sp³-hybridized carbons (Fsp3) is 0.273. The van der Waals surface area contributed by atoms with E-state index in [0.29, 0.717) is 11.3 Å². The number of anilines is 1. The molecule has 0 saturated heterocycles. The van der Waals surface area contributed by atoms with E-state index < -0.39 is 0 Å². The van der Waals surface area contributed by atoms with Gasteiger partial charge in [0.05, 0.1) is 17.8 Å². The van der Waals surface area contributed by atoms with E-state index in [1.807, 2.05) is 6.92 Å². The van der Waals surface area contributed by atoms with Crippen LogP contribution in [0, 0.1) is 6.92 Å². The van der Waals surface area contributed by atoms with E-state index >= 15 is 0 Å². The van der Waals surface area contributed by atoms with E-state index in [-0.39, 0.29) is 18.4 Å². The number of nitrogen functional groups attached to an aromatic ring is 1. The number of nitrogens with two attached hydrogens (primary N) is 1. The minimum absolute atomic E-state index is 0.0623. The van der Waals surface area contributed by atoms with Crippen LogP contribution >= 0.6 is 0 Å². The summed E-state index contributed by atoms with van der Waals surface area (Å²) >= 11 is 0. The number of likely N-dealkylation sites (N-methyl/N-ethyl adjacent to an activating group) is 1. The predicted octanol–water partition coefficient (Wildman–Crippen LogP) is -0.244. The summed E-state index contributed by atoms with van der Waals surface area (Å²) in [6.07, 6.45) is 0. The number of amides is 2. The van der Waals surface area contributed by atoms with Gasteiger partial charge in [0.25, 0.3) is 5.91 Å². The molecular weight excluding hydrogens is 220 g/mol. The summed E-state index contributed by atoms with van der Waals surface area (Å²) in [5.74, 6) is 4.73. The fourth-order valence-electron chi connectivity index (χ4n) is 1.32. The van der Waals surface area contributed by atoms with Gasteiger partial charge in [0.1, 0.15) is 0 Å². The molecule has 0 saturated carbocycles. The lowest BCUT2D eigenvalue weighted by Crippen LogP contribution is -2.35. The third-order valence-electron chi connectivity index (χ3n) is 2.26. The molecule has 0 aromatic heterocycles. The van der Waals surface area contributed by atoms with Crippen LogP contribution in [0.3, 0.4) is 0 Å². The summed E-state index contributed by atoms with van der Waals surface area (Å²) in [5.41, 5.74) is 4.38. The molecule has 6 heteroatoms. The van der Waals surface area contributed by atoms with E-state index in [0.717, 1.165) is 5.56 Å². The largest absolute Gasteiger partial charge is 0.358 e. The van der Waals surface area contributed by atoms with Crippen LogP contribution < -0.4 is 21.9 Å². The number of carbonyl (C=O) groups excluding carboxylic acids is 2. The number of rotatable bonds is 4. The number of hydrogen-bond acceptors (Lipinski definition) is 4. The van der Waals surface area contributed by atoms with Crippen molar-refractivity contribution in [1.29, 1.82) is 0 Å². The lowest BCUT2D eigenvalue weighted by atomic mass is 10.1. The number of hydrazine groups is 1. The van der Waals surface area contributed by atoms with Crippen LogP contribution in [0.25, 0.3) is 0 Å². The van der Waals surface area contributed by atoms with Gasteiger partial charge < -0.3 is 16.1 Å². The Bertz CT molecular complexity index is 431. The summed E-state index contributed by atoms with van der Waals surface area (Å²) in [6.45, 7) is 1.83. The van der Waals surface area contributed by atoms with Crippen LogP contribution in [-0.4, -0.2) is 25.4 Å². The third kappa shape index (κ3) is 3.46. The van der Waals surface area contributed by atoms with Crippen LogP contribution in [0.15, 0.2) is 18.2 Å². The van der Waals surface area contributed by atoms with E-state index in [2.05, 4.69) is 16.1 Å². The standard InChI is InChI=1S/C11H16N4O2/c1-7-3-4-8(9(5-7)15-12)11(17)14-6-10(16)13-2/h3-5,15H,6,12H2,1-2H3,(H,13,16)(H,14,17). The molecule has 92 valence electrons. The molecule has 6 nitrogen and oxygen atoms in total. The van der Waals surface area contributed by atoms with Crippen molar-refractivity contribution in [2.75, 3.05) is 19.0 Å². The summed E-state index contributed by atoms with van der Waals surface area (Å²) < 4.78 is 0. The van der Waals surface area contributed by atoms with Gasteiger partial charge in [0, 0.05) is 7.05 Å². The van der Waals surface area contributed by atoms with Gasteiger partial charge in [0.15, 0.2) is 0 Å². The van der Waals surface area contributed by atoms with E-state index in [4.69, 9.17) is 5.84 Å².